The Morgan fingerprint density at radius 3 is 2.23 bits per heavy atom. The average molecular weight is 413 g/mol. The third-order valence-corrected chi connectivity index (χ3v) is 6.97. The van der Waals surface area contributed by atoms with Gasteiger partial charge in [-0.05, 0) is 90.8 Å². The molecule has 0 aliphatic heterocycles. The first-order valence-electron chi connectivity index (χ1n) is 11.7. The van der Waals surface area contributed by atoms with Crippen LogP contribution in [0.15, 0.2) is 79.9 Å². The maximum atomic E-state index is 14.8. The lowest BCUT2D eigenvalue weighted by molar-refractivity contribution is 0.376. The van der Waals surface area contributed by atoms with Crippen LogP contribution in [0.4, 0.5) is 4.39 Å². The molecule has 160 valence electrons. The number of hydrogen-bond acceptors (Lipinski definition) is 0. The molecular weight excluding hydrogens is 379 g/mol. The lowest BCUT2D eigenvalue weighted by Crippen LogP contribution is -2.11. The van der Waals surface area contributed by atoms with E-state index in [0.717, 1.165) is 35.6 Å². The molecular formula is C30H33F. The molecule has 0 radical (unpaired) electrons. The van der Waals surface area contributed by atoms with Gasteiger partial charge >= 0.3 is 0 Å². The Morgan fingerprint density at radius 1 is 0.806 bits per heavy atom. The van der Waals surface area contributed by atoms with Crippen molar-refractivity contribution in [2.24, 2.45) is 5.92 Å². The molecule has 0 amide bonds. The predicted octanol–water partition coefficient (Wildman–Crippen LogP) is 8.34. The molecule has 1 aliphatic carbocycles. The summed E-state index contributed by atoms with van der Waals surface area (Å²) in [6.45, 7) is 7.69. The first-order chi connectivity index (χ1) is 15.2. The largest absolute Gasteiger partial charge is 0.206 e. The van der Waals surface area contributed by atoms with Gasteiger partial charge in [-0.1, -0.05) is 66.7 Å². The van der Waals surface area contributed by atoms with Crippen LogP contribution in [0, 0.1) is 11.7 Å². The Balaban J connectivity index is 1.38. The molecule has 0 unspecified atom stereocenters. The highest BCUT2D eigenvalue weighted by Crippen LogP contribution is 2.36. The zero-order valence-electron chi connectivity index (χ0n) is 18.5. The summed E-state index contributed by atoms with van der Waals surface area (Å²) >= 11 is 0. The Hall–Kier alpha value is -2.67. The van der Waals surface area contributed by atoms with E-state index >= 15 is 0 Å². The number of hydrogen-bond donors (Lipinski definition) is 0. The maximum absolute atomic E-state index is 14.8. The van der Waals surface area contributed by atoms with Crippen molar-refractivity contribution in [1.29, 1.82) is 0 Å². The monoisotopic (exact) mass is 412 g/mol. The van der Waals surface area contributed by atoms with Crippen LogP contribution in [0.1, 0.15) is 60.3 Å². The zero-order chi connectivity index (χ0) is 21.6. The first kappa shape index (κ1) is 21.6. The topological polar surface area (TPSA) is 0 Å². The summed E-state index contributed by atoms with van der Waals surface area (Å²) in [7, 11) is 0. The van der Waals surface area contributed by atoms with E-state index in [0.29, 0.717) is 18.3 Å². The normalized spacial score (nSPS) is 18.7. The Bertz CT molecular complexity index is 1040. The highest BCUT2D eigenvalue weighted by Gasteiger charge is 2.20. The molecule has 0 N–H and O–H groups in total. The molecule has 3 aromatic carbocycles. The Kier molecular flexibility index (Phi) is 7.02. The van der Waals surface area contributed by atoms with E-state index in [1.807, 2.05) is 18.2 Å². The zero-order valence-corrected chi connectivity index (χ0v) is 18.5. The average Bonchev–Trinajstić information content (AvgIpc) is 2.83. The van der Waals surface area contributed by atoms with Crippen molar-refractivity contribution in [3.63, 3.8) is 0 Å². The minimum Gasteiger partial charge on any atom is -0.206 e. The van der Waals surface area contributed by atoms with Crippen molar-refractivity contribution in [2.75, 3.05) is 0 Å². The lowest BCUT2D eigenvalue weighted by Gasteiger charge is -2.27. The molecule has 0 spiro atoms. The van der Waals surface area contributed by atoms with Gasteiger partial charge in [-0.2, -0.15) is 0 Å². The number of aryl methyl sites for hydroxylation is 3. The fraction of sp³-hybridized carbons (Fsp3) is 0.333. The summed E-state index contributed by atoms with van der Waals surface area (Å²) in [5, 5.41) is 1.71. The smallest absolute Gasteiger partial charge is 0.134 e. The molecule has 0 heterocycles. The Morgan fingerprint density at radius 2 is 1.52 bits per heavy atom. The van der Waals surface area contributed by atoms with Gasteiger partial charge in [0.15, 0.2) is 0 Å². The summed E-state index contributed by atoms with van der Waals surface area (Å²) in [4.78, 5) is 0. The molecule has 4 rings (SSSR count). The van der Waals surface area contributed by atoms with Gasteiger partial charge < -0.3 is 0 Å². The summed E-state index contributed by atoms with van der Waals surface area (Å²) in [5.41, 5.74) is 4.89. The molecule has 1 saturated carbocycles. The van der Waals surface area contributed by atoms with E-state index in [2.05, 4.69) is 61.7 Å². The summed E-state index contributed by atoms with van der Waals surface area (Å²) < 4.78 is 14.8. The second kappa shape index (κ2) is 10.1. The number of halogens is 1. The molecule has 1 heteroatoms. The first-order valence-corrected chi connectivity index (χ1v) is 11.7. The number of allylic oxidation sites excluding steroid dienone is 2. The molecule has 1 aliphatic rings. The minimum atomic E-state index is -0.0800. The molecule has 0 atom stereocenters. The lowest BCUT2D eigenvalue weighted by atomic mass is 9.78. The van der Waals surface area contributed by atoms with Crippen LogP contribution in [-0.4, -0.2) is 0 Å². The SMILES string of the molecule is C=CCCc1ccc2cc(CCc3ccc(C4CCC(C=C)CC4)cc3)ccc2c1F. The highest BCUT2D eigenvalue weighted by molar-refractivity contribution is 5.84. The molecule has 1 fully saturated rings. The van der Waals surface area contributed by atoms with Crippen molar-refractivity contribution < 1.29 is 4.39 Å². The quantitative estimate of drug-likeness (QED) is 0.326. The fourth-order valence-electron chi connectivity index (χ4n) is 4.93. The number of rotatable bonds is 8. The summed E-state index contributed by atoms with van der Waals surface area (Å²) in [5.74, 6) is 1.34. The van der Waals surface area contributed by atoms with Crippen LogP contribution in [0.5, 0.6) is 0 Å². The van der Waals surface area contributed by atoms with Gasteiger partial charge in [-0.15, -0.1) is 13.2 Å². The van der Waals surface area contributed by atoms with Gasteiger partial charge in [-0.3, -0.25) is 0 Å². The summed E-state index contributed by atoms with van der Waals surface area (Å²) in [6, 6.07) is 19.4. The van der Waals surface area contributed by atoms with E-state index < -0.39 is 0 Å². The van der Waals surface area contributed by atoms with E-state index in [1.54, 1.807) is 0 Å². The summed E-state index contributed by atoms with van der Waals surface area (Å²) in [6.07, 6.45) is 12.6. The van der Waals surface area contributed by atoms with Gasteiger partial charge in [0.1, 0.15) is 5.82 Å². The molecule has 0 nitrogen and oxygen atoms in total. The van der Waals surface area contributed by atoms with E-state index in [9.17, 15) is 4.39 Å². The van der Waals surface area contributed by atoms with E-state index in [1.165, 1.54) is 42.4 Å². The van der Waals surface area contributed by atoms with E-state index in [-0.39, 0.29) is 5.82 Å². The molecule has 31 heavy (non-hydrogen) atoms. The molecule has 0 bridgehead atoms. The van der Waals surface area contributed by atoms with Crippen LogP contribution >= 0.6 is 0 Å². The third kappa shape index (κ3) is 5.15. The molecule has 0 saturated heterocycles. The van der Waals surface area contributed by atoms with Crippen LogP contribution in [0.25, 0.3) is 10.8 Å². The van der Waals surface area contributed by atoms with Gasteiger partial charge in [0.05, 0.1) is 0 Å². The second-order valence-electron chi connectivity index (χ2n) is 9.01. The number of benzene rings is 3. The van der Waals surface area contributed by atoms with Crippen LogP contribution in [-0.2, 0) is 19.3 Å². The number of fused-ring (bicyclic) bond motifs is 1. The maximum Gasteiger partial charge on any atom is 0.134 e. The fourth-order valence-corrected chi connectivity index (χ4v) is 4.93. The minimum absolute atomic E-state index is 0.0800. The molecule has 0 aromatic heterocycles. The third-order valence-electron chi connectivity index (χ3n) is 6.97. The van der Waals surface area contributed by atoms with Crippen LogP contribution < -0.4 is 0 Å². The van der Waals surface area contributed by atoms with Crippen molar-refractivity contribution in [3.8, 4) is 0 Å². The van der Waals surface area contributed by atoms with E-state index in [4.69, 9.17) is 0 Å². The van der Waals surface area contributed by atoms with Crippen LogP contribution in [0.3, 0.4) is 0 Å². The van der Waals surface area contributed by atoms with Crippen LogP contribution in [0.2, 0.25) is 0 Å². The van der Waals surface area contributed by atoms with Crippen molar-refractivity contribution in [2.45, 2.75) is 57.3 Å². The van der Waals surface area contributed by atoms with Crippen molar-refractivity contribution in [3.05, 3.63) is 108 Å². The molecule has 3 aromatic rings. The van der Waals surface area contributed by atoms with Crippen molar-refractivity contribution >= 4 is 10.8 Å². The Labute approximate surface area is 186 Å². The second-order valence-corrected chi connectivity index (χ2v) is 9.01. The van der Waals surface area contributed by atoms with Crippen molar-refractivity contribution in [1.82, 2.24) is 0 Å². The predicted molar refractivity (Wildman–Crippen MR) is 131 cm³/mol. The standard InChI is InChI=1S/C30H33F/c1-3-5-6-27-18-19-28-21-24(13-20-29(28)30(27)31)8-7-23-11-16-26(17-12-23)25-14-9-22(4-2)10-15-25/h3-4,11-13,16-22,25H,1-2,5-10,14-15H2. The highest BCUT2D eigenvalue weighted by atomic mass is 19.1. The van der Waals surface area contributed by atoms with Gasteiger partial charge in [-0.25, -0.2) is 4.39 Å². The van der Waals surface area contributed by atoms with Gasteiger partial charge in [0.25, 0.3) is 0 Å². The van der Waals surface area contributed by atoms with Gasteiger partial charge in [0.2, 0.25) is 0 Å². The van der Waals surface area contributed by atoms with Gasteiger partial charge in [0, 0.05) is 5.39 Å².